The first-order chi connectivity index (χ1) is 11.9. The summed E-state index contributed by atoms with van der Waals surface area (Å²) in [5.74, 6) is 0.523. The van der Waals surface area contributed by atoms with Gasteiger partial charge in [-0.1, -0.05) is 12.1 Å². The molecule has 0 aliphatic carbocycles. The number of nitrogens with zero attached hydrogens (tertiary/aromatic N) is 1. The Kier molecular flexibility index (Phi) is 6.08. The quantitative estimate of drug-likeness (QED) is 0.590. The van der Waals surface area contributed by atoms with E-state index in [0.29, 0.717) is 12.1 Å². The number of nitrogens with one attached hydrogen (secondary N) is 2. The maximum Gasteiger partial charge on any atom is 0.293 e. The number of amides is 1. The third kappa shape index (κ3) is 5.02. The SMILES string of the molecule is COc1ccc(C[NH+](C)CC(=O)Nc2c(C)cccc2[N+](=O)[O-])cc1. The molecule has 2 aromatic carbocycles. The van der Waals surface area contributed by atoms with E-state index < -0.39 is 4.92 Å². The van der Waals surface area contributed by atoms with Gasteiger partial charge in [-0.3, -0.25) is 14.9 Å². The van der Waals surface area contributed by atoms with Gasteiger partial charge >= 0.3 is 0 Å². The molecule has 1 amide bonds. The summed E-state index contributed by atoms with van der Waals surface area (Å²) in [5.41, 5.74) is 1.90. The van der Waals surface area contributed by atoms with Crippen molar-refractivity contribution < 1.29 is 19.4 Å². The lowest BCUT2D eigenvalue weighted by molar-refractivity contribution is -0.885. The Morgan fingerprint density at radius 2 is 1.92 bits per heavy atom. The number of hydrogen-bond acceptors (Lipinski definition) is 4. The van der Waals surface area contributed by atoms with E-state index in [2.05, 4.69) is 5.32 Å². The summed E-state index contributed by atoms with van der Waals surface area (Å²) in [5, 5.41) is 13.8. The fourth-order valence-electron chi connectivity index (χ4n) is 2.58. The summed E-state index contributed by atoms with van der Waals surface area (Å²) < 4.78 is 5.12. The lowest BCUT2D eigenvalue weighted by Gasteiger charge is -2.15. The summed E-state index contributed by atoms with van der Waals surface area (Å²) in [6, 6.07) is 12.4. The molecule has 0 heterocycles. The van der Waals surface area contributed by atoms with E-state index in [0.717, 1.165) is 16.2 Å². The standard InChI is InChI=1S/C18H21N3O4/c1-13-5-4-6-16(21(23)24)18(13)19-17(22)12-20(2)11-14-7-9-15(25-3)10-8-14/h4-10H,11-12H2,1-3H3,(H,19,22)/p+1. The van der Waals surface area contributed by atoms with Crippen LogP contribution in [0, 0.1) is 17.0 Å². The molecule has 0 aliphatic rings. The Morgan fingerprint density at radius 1 is 1.24 bits per heavy atom. The number of rotatable bonds is 7. The highest BCUT2D eigenvalue weighted by atomic mass is 16.6. The molecule has 0 aliphatic heterocycles. The molecule has 1 unspecified atom stereocenters. The number of carbonyl (C=O) groups excluding carboxylic acids is 1. The van der Waals surface area contributed by atoms with E-state index in [1.165, 1.54) is 6.07 Å². The second kappa shape index (κ2) is 8.25. The minimum atomic E-state index is -0.490. The van der Waals surface area contributed by atoms with E-state index in [-0.39, 0.29) is 23.8 Å². The Labute approximate surface area is 146 Å². The van der Waals surface area contributed by atoms with Crippen LogP contribution >= 0.6 is 0 Å². The minimum Gasteiger partial charge on any atom is -0.497 e. The van der Waals surface area contributed by atoms with Crippen molar-refractivity contribution in [3.8, 4) is 5.75 Å². The van der Waals surface area contributed by atoms with E-state index in [9.17, 15) is 14.9 Å². The topological polar surface area (TPSA) is 85.9 Å². The number of likely N-dealkylation sites (N-methyl/N-ethyl adjacent to an activating group) is 1. The van der Waals surface area contributed by atoms with Crippen molar-refractivity contribution in [1.29, 1.82) is 0 Å². The molecule has 0 saturated carbocycles. The average molecular weight is 344 g/mol. The zero-order valence-corrected chi connectivity index (χ0v) is 14.5. The van der Waals surface area contributed by atoms with Crippen molar-refractivity contribution in [3.05, 3.63) is 63.7 Å². The first-order valence-electron chi connectivity index (χ1n) is 7.88. The van der Waals surface area contributed by atoms with Crippen LogP contribution in [0.4, 0.5) is 11.4 Å². The Balaban J connectivity index is 1.99. The normalized spacial score (nSPS) is 11.6. The fourth-order valence-corrected chi connectivity index (χ4v) is 2.58. The van der Waals surface area contributed by atoms with Gasteiger partial charge in [0.1, 0.15) is 18.0 Å². The van der Waals surface area contributed by atoms with Crippen LogP contribution < -0.4 is 15.0 Å². The summed E-state index contributed by atoms with van der Waals surface area (Å²) in [4.78, 5) is 23.9. The van der Waals surface area contributed by atoms with Crippen LogP contribution in [0.1, 0.15) is 11.1 Å². The second-order valence-corrected chi connectivity index (χ2v) is 5.93. The lowest BCUT2D eigenvalue weighted by Crippen LogP contribution is -3.08. The largest absolute Gasteiger partial charge is 0.497 e. The average Bonchev–Trinajstić information content (AvgIpc) is 2.57. The molecule has 0 aromatic heterocycles. The maximum atomic E-state index is 12.3. The highest BCUT2D eigenvalue weighted by Crippen LogP contribution is 2.27. The Bertz CT molecular complexity index is 759. The van der Waals surface area contributed by atoms with Crippen molar-refractivity contribution in [2.45, 2.75) is 13.5 Å². The molecule has 0 fully saturated rings. The third-order valence-electron chi connectivity index (χ3n) is 3.84. The highest BCUT2D eigenvalue weighted by Gasteiger charge is 2.19. The maximum absolute atomic E-state index is 12.3. The smallest absolute Gasteiger partial charge is 0.293 e. The molecule has 7 nitrogen and oxygen atoms in total. The zero-order valence-electron chi connectivity index (χ0n) is 14.5. The first-order valence-corrected chi connectivity index (χ1v) is 7.88. The van der Waals surface area contributed by atoms with Gasteiger partial charge in [-0.15, -0.1) is 0 Å². The van der Waals surface area contributed by atoms with Crippen LogP contribution in [0.15, 0.2) is 42.5 Å². The van der Waals surface area contributed by atoms with Gasteiger partial charge in [0.25, 0.3) is 11.6 Å². The number of methoxy groups -OCH3 is 1. The van der Waals surface area contributed by atoms with Crippen molar-refractivity contribution in [2.75, 3.05) is 26.0 Å². The molecule has 25 heavy (non-hydrogen) atoms. The molecule has 0 saturated heterocycles. The van der Waals surface area contributed by atoms with Gasteiger partial charge in [-0.05, 0) is 36.8 Å². The van der Waals surface area contributed by atoms with Gasteiger partial charge < -0.3 is 15.0 Å². The highest BCUT2D eigenvalue weighted by molar-refractivity contribution is 5.94. The van der Waals surface area contributed by atoms with E-state index in [1.54, 1.807) is 26.2 Å². The summed E-state index contributed by atoms with van der Waals surface area (Å²) in [6.45, 7) is 2.60. The molecule has 2 aromatic rings. The fraction of sp³-hybridized carbons (Fsp3) is 0.278. The van der Waals surface area contributed by atoms with E-state index in [4.69, 9.17) is 4.74 Å². The Morgan fingerprint density at radius 3 is 2.52 bits per heavy atom. The number of nitro benzene ring substituents is 1. The lowest BCUT2D eigenvalue weighted by atomic mass is 10.1. The molecule has 2 rings (SSSR count). The van der Waals surface area contributed by atoms with Crippen molar-refractivity contribution in [3.63, 3.8) is 0 Å². The summed E-state index contributed by atoms with van der Waals surface area (Å²) in [7, 11) is 3.51. The monoisotopic (exact) mass is 344 g/mol. The molecule has 0 bridgehead atoms. The van der Waals surface area contributed by atoms with E-state index in [1.807, 2.05) is 31.3 Å². The number of quaternary nitrogens is 1. The predicted octanol–water partition coefficient (Wildman–Crippen LogP) is 1.57. The molecular weight excluding hydrogens is 322 g/mol. The number of hydrogen-bond donors (Lipinski definition) is 2. The van der Waals surface area contributed by atoms with Crippen molar-refractivity contribution in [1.82, 2.24) is 0 Å². The number of aryl methyl sites for hydroxylation is 1. The van der Waals surface area contributed by atoms with Crippen LogP contribution in [0.25, 0.3) is 0 Å². The summed E-state index contributed by atoms with van der Waals surface area (Å²) >= 11 is 0. The van der Waals surface area contributed by atoms with Crippen molar-refractivity contribution >= 4 is 17.3 Å². The molecular formula is C18H22N3O4+. The first kappa shape index (κ1) is 18.4. The minimum absolute atomic E-state index is 0.0962. The third-order valence-corrected chi connectivity index (χ3v) is 3.84. The van der Waals surface area contributed by atoms with Crippen LogP contribution in [0.2, 0.25) is 0 Å². The van der Waals surface area contributed by atoms with Crippen molar-refractivity contribution in [2.24, 2.45) is 0 Å². The number of anilines is 1. The van der Waals surface area contributed by atoms with Gasteiger partial charge in [0, 0.05) is 11.6 Å². The molecule has 0 radical (unpaired) electrons. The molecule has 7 heteroatoms. The van der Waals surface area contributed by atoms with E-state index >= 15 is 0 Å². The van der Waals surface area contributed by atoms with Crippen LogP contribution in [0.5, 0.6) is 5.75 Å². The van der Waals surface area contributed by atoms with Crippen LogP contribution in [-0.2, 0) is 11.3 Å². The summed E-state index contributed by atoms with van der Waals surface area (Å²) in [6.07, 6.45) is 0. The number of nitro groups is 1. The number of para-hydroxylation sites is 1. The number of carbonyl (C=O) groups is 1. The molecule has 1 atom stereocenters. The van der Waals surface area contributed by atoms with Crippen LogP contribution in [-0.4, -0.2) is 31.5 Å². The van der Waals surface area contributed by atoms with Gasteiger partial charge in [-0.2, -0.15) is 0 Å². The zero-order chi connectivity index (χ0) is 18.4. The second-order valence-electron chi connectivity index (χ2n) is 5.93. The molecule has 132 valence electrons. The van der Waals surface area contributed by atoms with Gasteiger partial charge in [-0.25, -0.2) is 0 Å². The Hall–Kier alpha value is -2.93. The molecule has 0 spiro atoms. The number of ether oxygens (including phenoxy) is 1. The number of benzene rings is 2. The van der Waals surface area contributed by atoms with Gasteiger partial charge in [0.15, 0.2) is 6.54 Å². The van der Waals surface area contributed by atoms with Crippen LogP contribution in [0.3, 0.4) is 0 Å². The molecule has 2 N–H and O–H groups in total. The van der Waals surface area contributed by atoms with Gasteiger partial charge in [0.05, 0.1) is 19.1 Å². The predicted molar refractivity (Wildman–Crippen MR) is 94.9 cm³/mol. The van der Waals surface area contributed by atoms with Gasteiger partial charge in [0.2, 0.25) is 0 Å².